The monoisotopic (exact) mass is 213 g/mol. The van der Waals surface area contributed by atoms with Crippen molar-refractivity contribution in [3.05, 3.63) is 11.8 Å². The molecule has 1 rings (SSSR count). The van der Waals surface area contributed by atoms with Crippen LogP contribution in [0.3, 0.4) is 0 Å². The van der Waals surface area contributed by atoms with Crippen molar-refractivity contribution in [1.29, 1.82) is 0 Å². The minimum Gasteiger partial charge on any atom is -0.496 e. The molecule has 0 spiro atoms. The summed E-state index contributed by atoms with van der Waals surface area (Å²) in [4.78, 5) is 2.19. The molecule has 0 saturated heterocycles. The van der Waals surface area contributed by atoms with Crippen molar-refractivity contribution in [1.82, 2.24) is 10.3 Å². The third-order valence-corrected chi connectivity index (χ3v) is 3.54. The van der Waals surface area contributed by atoms with Crippen molar-refractivity contribution in [2.24, 2.45) is 5.84 Å². The molecule has 15 heavy (non-hydrogen) atoms. The predicted molar refractivity (Wildman–Crippen MR) is 62.1 cm³/mol. The van der Waals surface area contributed by atoms with E-state index < -0.39 is 0 Å². The maximum absolute atomic E-state index is 5.65. The highest BCUT2D eigenvalue weighted by Gasteiger charge is 2.38. The van der Waals surface area contributed by atoms with Crippen LogP contribution in [0.1, 0.15) is 26.7 Å². The molecule has 0 fully saturated rings. The van der Waals surface area contributed by atoms with Crippen LogP contribution in [0, 0.1) is 0 Å². The minimum atomic E-state index is -0.0229. The Hall–Kier alpha value is -0.580. The van der Waals surface area contributed by atoms with E-state index >= 15 is 0 Å². The van der Waals surface area contributed by atoms with Gasteiger partial charge in [-0.05, 0) is 33.5 Å². The molecule has 88 valence electrons. The second kappa shape index (κ2) is 4.96. The average Bonchev–Trinajstić information content (AvgIpc) is 2.71. The van der Waals surface area contributed by atoms with Gasteiger partial charge in [-0.15, -0.1) is 0 Å². The highest BCUT2D eigenvalue weighted by atomic mass is 16.5. The van der Waals surface area contributed by atoms with E-state index in [-0.39, 0.29) is 11.6 Å². The number of hydrogen-bond donors (Lipinski definition) is 2. The molecule has 1 aliphatic rings. The molecule has 1 heterocycles. The molecule has 0 amide bonds. The number of hydrogen-bond acceptors (Lipinski definition) is 4. The summed E-state index contributed by atoms with van der Waals surface area (Å²) in [5, 5.41) is 0. The summed E-state index contributed by atoms with van der Waals surface area (Å²) in [5.74, 6) is 6.64. The van der Waals surface area contributed by atoms with E-state index in [2.05, 4.69) is 44.3 Å². The van der Waals surface area contributed by atoms with Crippen molar-refractivity contribution in [2.75, 3.05) is 20.7 Å². The summed E-state index contributed by atoms with van der Waals surface area (Å²) >= 11 is 0. The van der Waals surface area contributed by atoms with Gasteiger partial charge in [-0.3, -0.25) is 5.84 Å². The fraction of sp³-hybridized carbons (Fsp3) is 0.818. The van der Waals surface area contributed by atoms with E-state index in [4.69, 9.17) is 10.6 Å². The van der Waals surface area contributed by atoms with Gasteiger partial charge in [0.25, 0.3) is 0 Å². The van der Waals surface area contributed by atoms with Crippen LogP contribution >= 0.6 is 0 Å². The van der Waals surface area contributed by atoms with Crippen LogP contribution in [0.2, 0.25) is 0 Å². The topological polar surface area (TPSA) is 50.5 Å². The first-order valence-electron chi connectivity index (χ1n) is 5.52. The molecule has 2 unspecified atom stereocenters. The highest BCUT2D eigenvalue weighted by molar-refractivity contribution is 5.15. The Balaban J connectivity index is 2.88. The van der Waals surface area contributed by atoms with E-state index in [0.29, 0.717) is 0 Å². The smallest absolute Gasteiger partial charge is 0.112 e. The maximum atomic E-state index is 5.65. The lowest BCUT2D eigenvalue weighted by Crippen LogP contribution is -2.59. The normalized spacial score (nSPS) is 22.1. The molecule has 0 aromatic rings. The van der Waals surface area contributed by atoms with Gasteiger partial charge >= 0.3 is 0 Å². The summed E-state index contributed by atoms with van der Waals surface area (Å²) in [7, 11) is 4.15. The van der Waals surface area contributed by atoms with Gasteiger partial charge in [-0.1, -0.05) is 6.92 Å². The summed E-state index contributed by atoms with van der Waals surface area (Å²) in [6, 6.07) is 0.0556. The minimum absolute atomic E-state index is 0.0229. The number of ether oxygens (including phenoxy) is 1. The summed E-state index contributed by atoms with van der Waals surface area (Å²) in [6.45, 7) is 5.14. The number of nitrogens with two attached hydrogens (primary N) is 1. The SMILES string of the molecule is CCC(C)(C(NN)C1=CCCO1)N(C)C. The molecule has 0 aliphatic carbocycles. The van der Waals surface area contributed by atoms with Gasteiger partial charge in [0.05, 0.1) is 12.6 Å². The van der Waals surface area contributed by atoms with Gasteiger partial charge < -0.3 is 9.64 Å². The Morgan fingerprint density at radius 3 is 2.67 bits per heavy atom. The van der Waals surface area contributed by atoms with Crippen molar-refractivity contribution in [3.63, 3.8) is 0 Å². The van der Waals surface area contributed by atoms with Crippen molar-refractivity contribution in [2.45, 2.75) is 38.3 Å². The Labute approximate surface area is 92.4 Å². The molecule has 3 N–H and O–H groups in total. The molecule has 1 aliphatic heterocycles. The van der Waals surface area contributed by atoms with Crippen LogP contribution < -0.4 is 11.3 Å². The zero-order valence-corrected chi connectivity index (χ0v) is 10.2. The summed E-state index contributed by atoms with van der Waals surface area (Å²) in [6.07, 6.45) is 4.12. The van der Waals surface area contributed by atoms with Crippen LogP contribution in [0.4, 0.5) is 0 Å². The molecule has 0 saturated carbocycles. The number of nitrogens with zero attached hydrogens (tertiary/aromatic N) is 1. The number of rotatable bonds is 5. The number of nitrogens with one attached hydrogen (secondary N) is 1. The molecular formula is C11H23N3O. The molecule has 0 aromatic carbocycles. The molecule has 4 heteroatoms. The number of likely N-dealkylation sites (N-methyl/N-ethyl adjacent to an activating group) is 1. The quantitative estimate of drug-likeness (QED) is 0.525. The third-order valence-electron chi connectivity index (χ3n) is 3.54. The van der Waals surface area contributed by atoms with Crippen LogP contribution in [0.5, 0.6) is 0 Å². The lowest BCUT2D eigenvalue weighted by molar-refractivity contribution is 0.0915. The van der Waals surface area contributed by atoms with Gasteiger partial charge in [0.1, 0.15) is 5.76 Å². The predicted octanol–water partition coefficient (Wildman–Crippen LogP) is 0.853. The zero-order chi connectivity index (χ0) is 11.5. The van der Waals surface area contributed by atoms with Crippen molar-refractivity contribution >= 4 is 0 Å². The Bertz CT molecular complexity index is 240. The molecule has 0 bridgehead atoms. The zero-order valence-electron chi connectivity index (χ0n) is 10.2. The van der Waals surface area contributed by atoms with Gasteiger partial charge in [0, 0.05) is 12.0 Å². The lowest BCUT2D eigenvalue weighted by atomic mass is 9.87. The van der Waals surface area contributed by atoms with E-state index in [1.54, 1.807) is 0 Å². The van der Waals surface area contributed by atoms with Crippen LogP contribution in [-0.4, -0.2) is 37.2 Å². The van der Waals surface area contributed by atoms with E-state index in [1.165, 1.54) is 0 Å². The summed E-state index contributed by atoms with van der Waals surface area (Å²) < 4.78 is 5.60. The van der Waals surface area contributed by atoms with E-state index in [0.717, 1.165) is 25.2 Å². The van der Waals surface area contributed by atoms with E-state index in [1.807, 2.05) is 0 Å². The Morgan fingerprint density at radius 1 is 1.67 bits per heavy atom. The second-order valence-electron chi connectivity index (χ2n) is 4.45. The Kier molecular flexibility index (Phi) is 4.13. The highest BCUT2D eigenvalue weighted by Crippen LogP contribution is 2.28. The third kappa shape index (κ3) is 2.33. The van der Waals surface area contributed by atoms with E-state index in [9.17, 15) is 0 Å². The number of hydrazine groups is 1. The van der Waals surface area contributed by atoms with Crippen LogP contribution in [0.15, 0.2) is 11.8 Å². The average molecular weight is 213 g/mol. The fourth-order valence-corrected chi connectivity index (χ4v) is 1.98. The van der Waals surface area contributed by atoms with Gasteiger partial charge in [0.2, 0.25) is 0 Å². The molecule has 4 nitrogen and oxygen atoms in total. The first-order valence-corrected chi connectivity index (χ1v) is 5.52. The molecule has 2 atom stereocenters. The first kappa shape index (κ1) is 12.5. The van der Waals surface area contributed by atoms with Crippen LogP contribution in [0.25, 0.3) is 0 Å². The standard InChI is InChI=1S/C11H23N3O/c1-5-11(2,14(3)4)10(13-12)9-7-6-8-15-9/h7,10,13H,5-6,8,12H2,1-4H3. The molecular weight excluding hydrogens is 190 g/mol. The lowest BCUT2D eigenvalue weighted by Gasteiger charge is -2.42. The Morgan fingerprint density at radius 2 is 2.33 bits per heavy atom. The van der Waals surface area contributed by atoms with Gasteiger partial charge in [-0.25, -0.2) is 5.43 Å². The first-order chi connectivity index (χ1) is 7.06. The fourth-order valence-electron chi connectivity index (χ4n) is 1.98. The molecule has 0 aromatic heterocycles. The molecule has 0 radical (unpaired) electrons. The van der Waals surface area contributed by atoms with Crippen LogP contribution in [-0.2, 0) is 4.74 Å². The maximum Gasteiger partial charge on any atom is 0.112 e. The largest absolute Gasteiger partial charge is 0.496 e. The van der Waals surface area contributed by atoms with Gasteiger partial charge in [-0.2, -0.15) is 0 Å². The summed E-state index contributed by atoms with van der Waals surface area (Å²) in [5.41, 5.74) is 2.86. The van der Waals surface area contributed by atoms with Gasteiger partial charge in [0.15, 0.2) is 0 Å². The van der Waals surface area contributed by atoms with Crippen molar-refractivity contribution in [3.8, 4) is 0 Å². The second-order valence-corrected chi connectivity index (χ2v) is 4.45. The van der Waals surface area contributed by atoms with Crippen molar-refractivity contribution < 1.29 is 4.74 Å².